The number of hydrogen-bond donors (Lipinski definition) is 0. The Bertz CT molecular complexity index is 581. The molecule has 0 bridgehead atoms. The number of rotatable bonds is 9. The number of allylic oxidation sites excluding steroid dienone is 2. The number of hydrogen-bond acceptors (Lipinski definition) is 2. The summed E-state index contributed by atoms with van der Waals surface area (Å²) in [5.41, 5.74) is 4.33. The molecule has 124 valence electrons. The lowest BCUT2D eigenvalue weighted by molar-refractivity contribution is 0.331. The molecule has 1 aromatic rings. The van der Waals surface area contributed by atoms with E-state index in [2.05, 4.69) is 61.8 Å². The van der Waals surface area contributed by atoms with Gasteiger partial charge in [0, 0.05) is 10.5 Å². The maximum absolute atomic E-state index is 5.75. The average Bonchev–Trinajstić information content (AvgIpc) is 2.58. The van der Waals surface area contributed by atoms with Crippen LogP contribution in [0, 0.1) is 12.3 Å². The first-order valence-electron chi connectivity index (χ1n) is 7.88. The van der Waals surface area contributed by atoms with Crippen molar-refractivity contribution in [2.45, 2.75) is 39.5 Å². The summed E-state index contributed by atoms with van der Waals surface area (Å²) in [4.78, 5) is 1.05. The van der Waals surface area contributed by atoms with Gasteiger partial charge in [-0.2, -0.15) is 0 Å². The molecule has 0 saturated heterocycles. The number of halogens is 1. The van der Waals surface area contributed by atoms with E-state index in [4.69, 9.17) is 18.3 Å². The lowest BCUT2D eigenvalue weighted by atomic mass is 9.94. The van der Waals surface area contributed by atoms with Crippen molar-refractivity contribution in [3.63, 3.8) is 0 Å². The highest BCUT2D eigenvalue weighted by molar-refractivity contribution is 8.03. The van der Waals surface area contributed by atoms with Gasteiger partial charge in [-0.1, -0.05) is 50.6 Å². The standard InChI is InChI=1S/C20H25ClOS/c1-6-14-23-17(5)16(4)20(7-2)19-10-8-18(9-11-19)15(3)12-13-22-21/h2,8-11,15H,5-6,12-14H2,1,3-4H3/b20-16+. The van der Waals surface area contributed by atoms with Crippen molar-refractivity contribution in [3.05, 3.63) is 52.4 Å². The maximum Gasteiger partial charge on any atom is 0.0688 e. The fourth-order valence-corrected chi connectivity index (χ4v) is 3.11. The lowest BCUT2D eigenvalue weighted by Crippen LogP contribution is -1.98. The quantitative estimate of drug-likeness (QED) is 0.376. The molecule has 0 aromatic heterocycles. The molecule has 0 spiro atoms. The van der Waals surface area contributed by atoms with Crippen molar-refractivity contribution < 1.29 is 4.29 Å². The molecular formula is C20H25ClOS. The molecule has 0 heterocycles. The molecule has 1 unspecified atom stereocenters. The van der Waals surface area contributed by atoms with Crippen LogP contribution in [-0.4, -0.2) is 12.4 Å². The SMILES string of the molecule is C#C/C(=C(/C)C(=C)SCCC)c1ccc(C(C)CCOCl)cc1. The summed E-state index contributed by atoms with van der Waals surface area (Å²) in [6, 6.07) is 8.43. The zero-order valence-electron chi connectivity index (χ0n) is 14.2. The fourth-order valence-electron chi connectivity index (χ4n) is 2.25. The zero-order valence-corrected chi connectivity index (χ0v) is 15.8. The molecule has 1 aromatic carbocycles. The van der Waals surface area contributed by atoms with Gasteiger partial charge < -0.3 is 0 Å². The van der Waals surface area contributed by atoms with E-state index in [1.165, 1.54) is 5.56 Å². The second-order valence-electron chi connectivity index (χ2n) is 5.54. The fraction of sp³-hybridized carbons (Fsp3) is 0.400. The van der Waals surface area contributed by atoms with Crippen molar-refractivity contribution in [2.75, 3.05) is 12.4 Å². The molecule has 0 amide bonds. The number of benzene rings is 1. The van der Waals surface area contributed by atoms with Crippen LogP contribution in [0.4, 0.5) is 0 Å². The normalized spacial score (nSPS) is 13.2. The first-order valence-corrected chi connectivity index (χ1v) is 9.17. The minimum atomic E-state index is 0.400. The highest BCUT2D eigenvalue weighted by Gasteiger charge is 2.09. The van der Waals surface area contributed by atoms with Crippen LogP contribution >= 0.6 is 23.6 Å². The smallest absolute Gasteiger partial charge is 0.0688 e. The monoisotopic (exact) mass is 348 g/mol. The Hall–Kier alpha value is -1.14. The topological polar surface area (TPSA) is 9.23 Å². The van der Waals surface area contributed by atoms with Gasteiger partial charge in [0.15, 0.2) is 0 Å². The molecule has 0 radical (unpaired) electrons. The van der Waals surface area contributed by atoms with Crippen molar-refractivity contribution >= 4 is 29.2 Å². The third-order valence-corrected chi connectivity index (χ3v) is 5.24. The van der Waals surface area contributed by atoms with E-state index in [0.717, 1.165) is 40.2 Å². The van der Waals surface area contributed by atoms with Crippen LogP contribution in [-0.2, 0) is 4.29 Å². The van der Waals surface area contributed by atoms with Gasteiger partial charge in [-0.05, 0) is 48.1 Å². The van der Waals surface area contributed by atoms with Crippen LogP contribution in [0.2, 0.25) is 0 Å². The van der Waals surface area contributed by atoms with E-state index in [1.54, 1.807) is 11.8 Å². The van der Waals surface area contributed by atoms with Gasteiger partial charge in [0.25, 0.3) is 0 Å². The highest BCUT2D eigenvalue weighted by Crippen LogP contribution is 2.30. The average molecular weight is 349 g/mol. The van der Waals surface area contributed by atoms with E-state index in [-0.39, 0.29) is 0 Å². The molecule has 0 N–H and O–H groups in total. The minimum Gasteiger partial charge on any atom is -0.279 e. The Morgan fingerprint density at radius 3 is 2.57 bits per heavy atom. The Balaban J connectivity index is 2.95. The predicted octanol–water partition coefficient (Wildman–Crippen LogP) is 6.41. The third kappa shape index (κ3) is 6.11. The van der Waals surface area contributed by atoms with E-state index in [1.807, 2.05) is 0 Å². The van der Waals surface area contributed by atoms with E-state index in [0.29, 0.717) is 12.5 Å². The van der Waals surface area contributed by atoms with Crippen LogP contribution < -0.4 is 0 Å². The highest BCUT2D eigenvalue weighted by atomic mass is 35.5. The van der Waals surface area contributed by atoms with E-state index >= 15 is 0 Å². The van der Waals surface area contributed by atoms with E-state index < -0.39 is 0 Å². The summed E-state index contributed by atoms with van der Waals surface area (Å²) in [7, 11) is 0. The zero-order chi connectivity index (χ0) is 17.2. The summed E-state index contributed by atoms with van der Waals surface area (Å²) in [6.07, 6.45) is 7.77. The molecule has 0 aliphatic carbocycles. The van der Waals surface area contributed by atoms with Gasteiger partial charge in [0.05, 0.1) is 18.5 Å². The van der Waals surface area contributed by atoms with Crippen LogP contribution in [0.25, 0.3) is 5.57 Å². The van der Waals surface area contributed by atoms with Crippen molar-refractivity contribution in [2.24, 2.45) is 0 Å². The van der Waals surface area contributed by atoms with Crippen LogP contribution in [0.3, 0.4) is 0 Å². The molecule has 1 atom stereocenters. The Kier molecular flexibility index (Phi) is 9.17. The molecule has 1 nitrogen and oxygen atoms in total. The maximum atomic E-state index is 5.75. The van der Waals surface area contributed by atoms with Gasteiger partial charge in [-0.25, -0.2) is 0 Å². The number of terminal acetylenes is 1. The summed E-state index contributed by atoms with van der Waals surface area (Å²) >= 11 is 7.05. The Morgan fingerprint density at radius 1 is 1.39 bits per heavy atom. The van der Waals surface area contributed by atoms with Crippen LogP contribution in [0.5, 0.6) is 0 Å². The Morgan fingerprint density at radius 2 is 2.04 bits per heavy atom. The summed E-state index contributed by atoms with van der Waals surface area (Å²) < 4.78 is 4.63. The van der Waals surface area contributed by atoms with Crippen LogP contribution in [0.15, 0.2) is 41.3 Å². The summed E-state index contributed by atoms with van der Waals surface area (Å²) in [5, 5.41) is 0. The number of thioether (sulfide) groups is 1. The first-order chi connectivity index (χ1) is 11.0. The second-order valence-corrected chi connectivity index (χ2v) is 6.95. The van der Waals surface area contributed by atoms with Gasteiger partial charge in [0.1, 0.15) is 0 Å². The first kappa shape index (κ1) is 19.9. The summed E-state index contributed by atoms with van der Waals surface area (Å²) in [6.45, 7) is 11.1. The largest absolute Gasteiger partial charge is 0.279 e. The van der Waals surface area contributed by atoms with Crippen LogP contribution in [0.1, 0.15) is 50.7 Å². The molecule has 0 aliphatic rings. The van der Waals surface area contributed by atoms with Gasteiger partial charge in [0.2, 0.25) is 0 Å². The van der Waals surface area contributed by atoms with E-state index in [9.17, 15) is 0 Å². The van der Waals surface area contributed by atoms with Crippen molar-refractivity contribution in [1.29, 1.82) is 0 Å². The van der Waals surface area contributed by atoms with Gasteiger partial charge in [-0.15, -0.1) is 18.2 Å². The summed E-state index contributed by atoms with van der Waals surface area (Å²) in [5.74, 6) is 4.29. The van der Waals surface area contributed by atoms with Gasteiger partial charge in [-0.3, -0.25) is 4.29 Å². The molecule has 0 fully saturated rings. The molecule has 0 aliphatic heterocycles. The molecule has 3 heteroatoms. The molecule has 23 heavy (non-hydrogen) atoms. The molecule has 1 rings (SSSR count). The van der Waals surface area contributed by atoms with Crippen molar-refractivity contribution in [1.82, 2.24) is 0 Å². The molecule has 0 saturated carbocycles. The molecular weight excluding hydrogens is 324 g/mol. The lowest BCUT2D eigenvalue weighted by Gasteiger charge is -2.13. The second kappa shape index (κ2) is 10.6. The minimum absolute atomic E-state index is 0.400. The third-order valence-electron chi connectivity index (χ3n) is 3.81. The Labute approximate surface area is 150 Å². The van der Waals surface area contributed by atoms with Gasteiger partial charge >= 0.3 is 0 Å². The predicted molar refractivity (Wildman–Crippen MR) is 105 cm³/mol. The van der Waals surface area contributed by atoms with Crippen molar-refractivity contribution in [3.8, 4) is 12.3 Å².